The lowest BCUT2D eigenvalue weighted by Crippen LogP contribution is -2.55. The lowest BCUT2D eigenvalue weighted by Gasteiger charge is -2.38. The highest BCUT2D eigenvalue weighted by Gasteiger charge is 2.61. The van der Waals surface area contributed by atoms with Gasteiger partial charge in [0.05, 0.1) is 18.6 Å². The average molecular weight is 462 g/mol. The highest BCUT2D eigenvalue weighted by Crippen LogP contribution is 2.54. The van der Waals surface area contributed by atoms with Crippen molar-refractivity contribution in [2.45, 2.75) is 56.7 Å². The minimum absolute atomic E-state index is 0.0905. The molecule has 1 saturated carbocycles. The summed E-state index contributed by atoms with van der Waals surface area (Å²) >= 11 is 0. The molecule has 5 rings (SSSR count). The predicted molar refractivity (Wildman–Crippen MR) is 128 cm³/mol. The van der Waals surface area contributed by atoms with Crippen molar-refractivity contribution < 1.29 is 19.1 Å². The third kappa shape index (κ3) is 3.63. The van der Waals surface area contributed by atoms with Crippen LogP contribution in [-0.4, -0.2) is 48.5 Å². The highest BCUT2D eigenvalue weighted by molar-refractivity contribution is 6.04. The molecule has 1 N–H and O–H groups in total. The summed E-state index contributed by atoms with van der Waals surface area (Å²) in [6.45, 7) is 2.01. The average Bonchev–Trinajstić information content (AvgIpc) is 3.49. The number of benzene rings is 2. The van der Waals surface area contributed by atoms with Gasteiger partial charge in [0.1, 0.15) is 6.04 Å². The van der Waals surface area contributed by atoms with Crippen LogP contribution in [0.2, 0.25) is 0 Å². The molecule has 4 atom stereocenters. The second-order valence-electron chi connectivity index (χ2n) is 9.40. The van der Waals surface area contributed by atoms with Gasteiger partial charge in [-0.2, -0.15) is 0 Å². The summed E-state index contributed by atoms with van der Waals surface area (Å²) in [6, 6.07) is 15.6. The Balaban J connectivity index is 1.67. The number of likely N-dealkylation sites (tertiary alicyclic amines) is 1. The summed E-state index contributed by atoms with van der Waals surface area (Å²) in [5, 5.41) is 3.17. The van der Waals surface area contributed by atoms with E-state index in [4.69, 9.17) is 4.74 Å². The number of ether oxygens (including phenoxy) is 1. The Hall–Kier alpha value is -3.35. The van der Waals surface area contributed by atoms with Crippen molar-refractivity contribution in [3.63, 3.8) is 0 Å². The van der Waals surface area contributed by atoms with Crippen LogP contribution in [0.3, 0.4) is 0 Å². The minimum Gasteiger partial charge on any atom is -0.466 e. The summed E-state index contributed by atoms with van der Waals surface area (Å²) in [5.41, 5.74) is 2.49. The van der Waals surface area contributed by atoms with Gasteiger partial charge in [0, 0.05) is 24.7 Å². The van der Waals surface area contributed by atoms with Crippen LogP contribution in [0.4, 0.5) is 10.5 Å². The molecule has 1 aliphatic carbocycles. The van der Waals surface area contributed by atoms with Crippen LogP contribution in [0.15, 0.2) is 54.6 Å². The first kappa shape index (κ1) is 22.4. The largest absolute Gasteiger partial charge is 0.466 e. The molecule has 7 nitrogen and oxygen atoms in total. The molecular formula is C27H31N3O4. The normalized spacial score (nSPS) is 26.2. The van der Waals surface area contributed by atoms with Crippen molar-refractivity contribution in [3.05, 3.63) is 65.7 Å². The van der Waals surface area contributed by atoms with Gasteiger partial charge in [-0.1, -0.05) is 61.4 Å². The zero-order valence-corrected chi connectivity index (χ0v) is 19.6. The Morgan fingerprint density at radius 1 is 1.00 bits per heavy atom. The number of amides is 3. The summed E-state index contributed by atoms with van der Waals surface area (Å²) in [7, 11) is 1.74. The molecule has 0 spiro atoms. The Morgan fingerprint density at radius 3 is 2.38 bits per heavy atom. The van der Waals surface area contributed by atoms with Crippen LogP contribution in [-0.2, 0) is 14.3 Å². The van der Waals surface area contributed by atoms with E-state index < -0.39 is 23.9 Å². The van der Waals surface area contributed by atoms with E-state index in [0.717, 1.165) is 42.5 Å². The Morgan fingerprint density at radius 2 is 1.68 bits per heavy atom. The maximum absolute atomic E-state index is 13.8. The van der Waals surface area contributed by atoms with Crippen LogP contribution in [0.25, 0.3) is 0 Å². The molecule has 3 amide bonds. The van der Waals surface area contributed by atoms with E-state index in [-0.39, 0.29) is 30.6 Å². The lowest BCUT2D eigenvalue weighted by molar-refractivity contribution is -0.149. The van der Waals surface area contributed by atoms with E-state index in [1.54, 1.807) is 23.8 Å². The van der Waals surface area contributed by atoms with Gasteiger partial charge in [-0.15, -0.1) is 0 Å². The SMILES string of the molecule is CCOC(=O)[C@@H]1[C@H]2c3ccccc3N(C)C(=O)[C@H]2N(C(=O)NC2CCCC2)[C@@H]1c1ccccc1. The summed E-state index contributed by atoms with van der Waals surface area (Å²) < 4.78 is 5.54. The summed E-state index contributed by atoms with van der Waals surface area (Å²) in [5.74, 6) is -1.74. The van der Waals surface area contributed by atoms with E-state index in [1.165, 1.54) is 0 Å². The number of carbonyl (C=O) groups excluding carboxylic acids is 3. The number of urea groups is 1. The first-order valence-corrected chi connectivity index (χ1v) is 12.2. The standard InChI is InChI=1S/C27H31N3O4/c1-3-34-26(32)22-21-19-15-9-10-16-20(19)29(2)25(31)24(21)30(23(22)17-11-5-4-6-12-17)27(33)28-18-13-7-8-14-18/h4-6,9-12,15-16,18,21-24H,3,7-8,13-14H2,1-2H3,(H,28,33)/t21-,22-,23-,24+/m1/s1. The van der Waals surface area contributed by atoms with E-state index in [2.05, 4.69) is 5.32 Å². The molecule has 2 heterocycles. The number of hydrogen-bond donors (Lipinski definition) is 1. The third-order valence-corrected chi connectivity index (χ3v) is 7.52. The fraction of sp³-hybridized carbons (Fsp3) is 0.444. The quantitative estimate of drug-likeness (QED) is 0.698. The van der Waals surface area contributed by atoms with Gasteiger partial charge >= 0.3 is 12.0 Å². The topological polar surface area (TPSA) is 79.0 Å². The molecule has 0 radical (unpaired) electrons. The van der Waals surface area contributed by atoms with Crippen molar-refractivity contribution in [3.8, 4) is 0 Å². The van der Waals surface area contributed by atoms with Crippen LogP contribution >= 0.6 is 0 Å². The number of hydrogen-bond acceptors (Lipinski definition) is 4. The molecule has 2 aromatic rings. The molecule has 34 heavy (non-hydrogen) atoms. The van der Waals surface area contributed by atoms with Crippen LogP contribution < -0.4 is 10.2 Å². The number of esters is 1. The lowest BCUT2D eigenvalue weighted by atomic mass is 9.77. The Bertz CT molecular complexity index is 1080. The molecule has 2 aliphatic heterocycles. The number of rotatable bonds is 4. The Kier molecular flexibility index (Phi) is 6.02. The number of likely N-dealkylation sites (N-methyl/N-ethyl adjacent to an activating group) is 1. The molecule has 178 valence electrons. The summed E-state index contributed by atoms with van der Waals surface area (Å²) in [4.78, 5) is 44.3. The number of carbonyl (C=O) groups is 3. The van der Waals surface area contributed by atoms with Crippen molar-refractivity contribution in [1.82, 2.24) is 10.2 Å². The predicted octanol–water partition coefficient (Wildman–Crippen LogP) is 4.00. The summed E-state index contributed by atoms with van der Waals surface area (Å²) in [6.07, 6.45) is 4.03. The van der Waals surface area contributed by atoms with E-state index in [0.29, 0.717) is 0 Å². The first-order valence-electron chi connectivity index (χ1n) is 12.2. The molecule has 7 heteroatoms. The monoisotopic (exact) mass is 461 g/mol. The van der Waals surface area contributed by atoms with E-state index in [9.17, 15) is 14.4 Å². The van der Waals surface area contributed by atoms with Crippen molar-refractivity contribution in [1.29, 1.82) is 0 Å². The molecular weight excluding hydrogens is 430 g/mol. The van der Waals surface area contributed by atoms with Gasteiger partial charge in [0.25, 0.3) is 0 Å². The molecule has 3 aliphatic rings. The maximum atomic E-state index is 13.8. The van der Waals surface area contributed by atoms with Crippen molar-refractivity contribution in [2.24, 2.45) is 5.92 Å². The smallest absolute Gasteiger partial charge is 0.318 e. The molecule has 2 aromatic carbocycles. The van der Waals surface area contributed by atoms with Gasteiger partial charge in [0.2, 0.25) is 5.91 Å². The number of fused-ring (bicyclic) bond motifs is 3. The van der Waals surface area contributed by atoms with Gasteiger partial charge in [0.15, 0.2) is 0 Å². The van der Waals surface area contributed by atoms with Crippen LogP contribution in [0.1, 0.15) is 55.7 Å². The van der Waals surface area contributed by atoms with E-state index >= 15 is 0 Å². The van der Waals surface area contributed by atoms with Crippen LogP contribution in [0, 0.1) is 5.92 Å². The Labute approximate surface area is 200 Å². The molecule has 0 unspecified atom stereocenters. The van der Waals surface area contributed by atoms with Gasteiger partial charge < -0.3 is 19.9 Å². The molecule has 2 fully saturated rings. The van der Waals surface area contributed by atoms with Gasteiger partial charge in [-0.05, 0) is 37.0 Å². The number of para-hydroxylation sites is 1. The van der Waals surface area contributed by atoms with Gasteiger partial charge in [-0.3, -0.25) is 9.59 Å². The first-order chi connectivity index (χ1) is 16.5. The van der Waals surface area contributed by atoms with E-state index in [1.807, 2.05) is 54.6 Å². The maximum Gasteiger partial charge on any atom is 0.318 e. The number of nitrogens with zero attached hydrogens (tertiary/aromatic N) is 2. The highest BCUT2D eigenvalue weighted by atomic mass is 16.5. The minimum atomic E-state index is -0.791. The second kappa shape index (κ2) is 9.12. The fourth-order valence-electron chi connectivity index (χ4n) is 6.04. The molecule has 1 saturated heterocycles. The zero-order chi connectivity index (χ0) is 23.8. The second-order valence-corrected chi connectivity index (χ2v) is 9.40. The molecule has 0 aromatic heterocycles. The zero-order valence-electron chi connectivity index (χ0n) is 19.6. The fourth-order valence-corrected chi connectivity index (χ4v) is 6.04. The van der Waals surface area contributed by atoms with Gasteiger partial charge in [-0.25, -0.2) is 4.79 Å². The van der Waals surface area contributed by atoms with Crippen molar-refractivity contribution >= 4 is 23.6 Å². The third-order valence-electron chi connectivity index (χ3n) is 7.52. The van der Waals surface area contributed by atoms with Crippen LogP contribution in [0.5, 0.6) is 0 Å². The van der Waals surface area contributed by atoms with Crippen molar-refractivity contribution in [2.75, 3.05) is 18.6 Å². The number of nitrogens with one attached hydrogen (secondary N) is 1. The number of anilines is 1. The molecule has 0 bridgehead atoms.